The van der Waals surface area contributed by atoms with Crippen LogP contribution in [0.4, 0.5) is 0 Å². The highest BCUT2D eigenvalue weighted by atomic mass is 79.9. The molecule has 0 N–H and O–H groups in total. The number of alkyl halides is 1. The van der Waals surface area contributed by atoms with Crippen LogP contribution in [-0.4, -0.2) is 16.3 Å². The Labute approximate surface area is 96.4 Å². The maximum atomic E-state index is 3.54. The van der Waals surface area contributed by atoms with Crippen LogP contribution in [0.3, 0.4) is 0 Å². The number of thioether (sulfide) groups is 1. The Balaban J connectivity index is 3.95. The van der Waals surface area contributed by atoms with Crippen LogP contribution >= 0.6 is 27.7 Å². The van der Waals surface area contributed by atoms with E-state index >= 15 is 0 Å². The lowest BCUT2D eigenvalue weighted by molar-refractivity contribution is 0.445. The summed E-state index contributed by atoms with van der Waals surface area (Å²) in [5.74, 6) is 0.824. The molecule has 0 saturated carbocycles. The van der Waals surface area contributed by atoms with Gasteiger partial charge in [0.2, 0.25) is 0 Å². The monoisotopic (exact) mass is 266 g/mol. The summed E-state index contributed by atoms with van der Waals surface area (Å²) in [5, 5.41) is 1.14. The fraction of sp³-hybridized carbons (Fsp3) is 1.00. The van der Waals surface area contributed by atoms with Crippen molar-refractivity contribution in [1.29, 1.82) is 0 Å². The summed E-state index contributed by atoms with van der Waals surface area (Å²) in [7, 11) is 0. The second-order valence-corrected chi connectivity index (χ2v) is 5.81. The van der Waals surface area contributed by atoms with Crippen molar-refractivity contribution in [2.75, 3.05) is 11.6 Å². The third-order valence-corrected chi connectivity index (χ3v) is 5.83. The summed E-state index contributed by atoms with van der Waals surface area (Å²) in [6, 6.07) is 0. The summed E-state index contributed by atoms with van der Waals surface area (Å²) in [6.07, 6.45) is 7.59. The summed E-state index contributed by atoms with van der Waals surface area (Å²) < 4.78 is 0.552. The van der Waals surface area contributed by atoms with Crippen LogP contribution in [0.5, 0.6) is 0 Å². The zero-order chi connectivity index (χ0) is 10.3. The SMILES string of the molecule is CCC(CC)(CCC(C)CBr)SC. The maximum absolute atomic E-state index is 3.54. The first kappa shape index (κ1) is 13.8. The van der Waals surface area contributed by atoms with Crippen molar-refractivity contribution in [3.05, 3.63) is 0 Å². The van der Waals surface area contributed by atoms with Gasteiger partial charge in [0.1, 0.15) is 0 Å². The highest BCUT2D eigenvalue weighted by Gasteiger charge is 2.24. The summed E-state index contributed by atoms with van der Waals surface area (Å²) in [4.78, 5) is 0. The van der Waals surface area contributed by atoms with Crippen molar-refractivity contribution in [2.24, 2.45) is 5.92 Å². The van der Waals surface area contributed by atoms with Gasteiger partial charge in [-0.15, -0.1) is 0 Å². The molecule has 0 saturated heterocycles. The topological polar surface area (TPSA) is 0 Å². The number of hydrogen-bond donors (Lipinski definition) is 0. The smallest absolute Gasteiger partial charge is 0.0152 e. The molecule has 0 aromatic carbocycles. The Morgan fingerprint density at radius 1 is 1.31 bits per heavy atom. The van der Waals surface area contributed by atoms with E-state index < -0.39 is 0 Å². The van der Waals surface area contributed by atoms with E-state index in [0.717, 1.165) is 11.2 Å². The van der Waals surface area contributed by atoms with Gasteiger partial charge in [0.25, 0.3) is 0 Å². The van der Waals surface area contributed by atoms with Crippen LogP contribution in [0.2, 0.25) is 0 Å². The van der Waals surface area contributed by atoms with Crippen LogP contribution in [0.25, 0.3) is 0 Å². The Morgan fingerprint density at radius 3 is 2.15 bits per heavy atom. The normalized spacial score (nSPS) is 14.5. The van der Waals surface area contributed by atoms with Gasteiger partial charge in [-0.25, -0.2) is 0 Å². The van der Waals surface area contributed by atoms with Crippen molar-refractivity contribution in [3.8, 4) is 0 Å². The standard InChI is InChI=1S/C11H23BrS/c1-5-11(6-2,13-4)8-7-10(3)9-12/h10H,5-9H2,1-4H3. The molecule has 1 unspecified atom stereocenters. The van der Waals surface area contributed by atoms with Crippen LogP contribution in [0.1, 0.15) is 46.5 Å². The van der Waals surface area contributed by atoms with E-state index in [2.05, 4.69) is 54.7 Å². The lowest BCUT2D eigenvalue weighted by Crippen LogP contribution is -2.23. The van der Waals surface area contributed by atoms with E-state index in [0.29, 0.717) is 4.75 Å². The largest absolute Gasteiger partial charge is 0.159 e. The Hall–Kier alpha value is 0.830. The summed E-state index contributed by atoms with van der Waals surface area (Å²) in [5.41, 5.74) is 0. The van der Waals surface area contributed by atoms with Gasteiger partial charge in [-0.2, -0.15) is 11.8 Å². The van der Waals surface area contributed by atoms with Gasteiger partial charge in [-0.05, 0) is 37.9 Å². The lowest BCUT2D eigenvalue weighted by Gasteiger charge is -2.30. The average molecular weight is 267 g/mol. The molecule has 0 aromatic heterocycles. The van der Waals surface area contributed by atoms with Gasteiger partial charge >= 0.3 is 0 Å². The molecule has 1 atom stereocenters. The molecular weight excluding hydrogens is 244 g/mol. The first-order chi connectivity index (χ1) is 6.14. The quantitative estimate of drug-likeness (QED) is 0.601. The van der Waals surface area contributed by atoms with E-state index in [1.807, 2.05) is 0 Å². The van der Waals surface area contributed by atoms with Crippen molar-refractivity contribution in [1.82, 2.24) is 0 Å². The second-order valence-electron chi connectivity index (χ2n) is 3.89. The predicted molar refractivity (Wildman–Crippen MR) is 69.0 cm³/mol. The summed E-state index contributed by atoms with van der Waals surface area (Å²) >= 11 is 5.60. The highest BCUT2D eigenvalue weighted by Crippen LogP contribution is 2.36. The van der Waals surface area contributed by atoms with Gasteiger partial charge in [0, 0.05) is 10.1 Å². The average Bonchev–Trinajstić information content (AvgIpc) is 2.20. The van der Waals surface area contributed by atoms with Gasteiger partial charge in [0.05, 0.1) is 0 Å². The van der Waals surface area contributed by atoms with Gasteiger partial charge in [-0.1, -0.05) is 36.7 Å². The number of hydrogen-bond acceptors (Lipinski definition) is 1. The minimum atomic E-state index is 0.552. The molecule has 2 heteroatoms. The van der Waals surface area contributed by atoms with Crippen molar-refractivity contribution in [2.45, 2.75) is 51.2 Å². The maximum Gasteiger partial charge on any atom is 0.0152 e. The first-order valence-corrected chi connectivity index (χ1v) is 7.59. The van der Waals surface area contributed by atoms with E-state index in [4.69, 9.17) is 0 Å². The zero-order valence-electron chi connectivity index (χ0n) is 9.40. The molecule has 0 amide bonds. The molecule has 80 valence electrons. The van der Waals surface area contributed by atoms with Gasteiger partial charge in [-0.3, -0.25) is 0 Å². The lowest BCUT2D eigenvalue weighted by atomic mass is 9.92. The predicted octanol–water partition coefficient (Wildman–Crippen LogP) is 4.72. The van der Waals surface area contributed by atoms with Crippen LogP contribution < -0.4 is 0 Å². The Bertz CT molecular complexity index is 113. The molecule has 0 aromatic rings. The molecule has 0 radical (unpaired) electrons. The minimum Gasteiger partial charge on any atom is -0.159 e. The van der Waals surface area contributed by atoms with Crippen LogP contribution in [-0.2, 0) is 0 Å². The molecule has 0 heterocycles. The highest BCUT2D eigenvalue weighted by molar-refractivity contribution is 9.09. The fourth-order valence-corrected chi connectivity index (χ4v) is 2.80. The third kappa shape index (κ3) is 4.73. The summed E-state index contributed by atoms with van der Waals surface area (Å²) in [6.45, 7) is 6.96. The number of halogens is 1. The Morgan fingerprint density at radius 2 is 1.85 bits per heavy atom. The molecule has 0 nitrogen and oxygen atoms in total. The van der Waals surface area contributed by atoms with E-state index in [1.165, 1.54) is 25.7 Å². The molecule has 0 aliphatic heterocycles. The van der Waals surface area contributed by atoms with E-state index in [1.54, 1.807) is 0 Å². The zero-order valence-corrected chi connectivity index (χ0v) is 11.8. The van der Waals surface area contributed by atoms with Gasteiger partial charge < -0.3 is 0 Å². The molecule has 0 rings (SSSR count). The van der Waals surface area contributed by atoms with Crippen molar-refractivity contribution in [3.63, 3.8) is 0 Å². The van der Waals surface area contributed by atoms with Crippen LogP contribution in [0, 0.1) is 5.92 Å². The fourth-order valence-electron chi connectivity index (χ4n) is 1.58. The Kier molecular flexibility index (Phi) is 7.62. The number of rotatable bonds is 7. The molecule has 0 bridgehead atoms. The minimum absolute atomic E-state index is 0.552. The van der Waals surface area contributed by atoms with Gasteiger partial charge in [0.15, 0.2) is 0 Å². The molecule has 0 fully saturated rings. The van der Waals surface area contributed by atoms with Crippen molar-refractivity contribution >= 4 is 27.7 Å². The van der Waals surface area contributed by atoms with Crippen molar-refractivity contribution < 1.29 is 0 Å². The van der Waals surface area contributed by atoms with E-state index in [9.17, 15) is 0 Å². The van der Waals surface area contributed by atoms with Crippen LogP contribution in [0.15, 0.2) is 0 Å². The molecule has 0 aliphatic carbocycles. The molecule has 0 aliphatic rings. The molecule has 13 heavy (non-hydrogen) atoms. The van der Waals surface area contributed by atoms with E-state index in [-0.39, 0.29) is 0 Å². The molecule has 0 spiro atoms. The second kappa shape index (κ2) is 7.17. The molecular formula is C11H23BrS. The first-order valence-electron chi connectivity index (χ1n) is 5.25. The third-order valence-electron chi connectivity index (χ3n) is 3.08.